The van der Waals surface area contributed by atoms with Crippen molar-refractivity contribution < 1.29 is 22.7 Å². The third-order valence-corrected chi connectivity index (χ3v) is 4.57. The van der Waals surface area contributed by atoms with Gasteiger partial charge in [-0.2, -0.15) is 18.3 Å². The number of ether oxygens (including phenoxy) is 1. The number of hydrogen-bond acceptors (Lipinski definition) is 5. The van der Waals surface area contributed by atoms with Crippen LogP contribution in [0.5, 0.6) is 5.75 Å². The predicted octanol–water partition coefficient (Wildman–Crippen LogP) is 3.75. The number of hydrogen-bond donors (Lipinski definition) is 1. The van der Waals surface area contributed by atoms with Gasteiger partial charge in [-0.1, -0.05) is 6.07 Å². The van der Waals surface area contributed by atoms with Crippen molar-refractivity contribution >= 4 is 11.6 Å². The van der Waals surface area contributed by atoms with E-state index >= 15 is 0 Å². The highest BCUT2D eigenvalue weighted by molar-refractivity contribution is 5.99. The van der Waals surface area contributed by atoms with Gasteiger partial charge >= 0.3 is 6.18 Å². The summed E-state index contributed by atoms with van der Waals surface area (Å²) in [7, 11) is 1.49. The summed E-state index contributed by atoms with van der Waals surface area (Å²) in [5, 5.41) is 6.42. The van der Waals surface area contributed by atoms with Crippen molar-refractivity contribution in [3.8, 4) is 17.0 Å². The normalized spacial score (nSPS) is 11.5. The molecule has 1 N–H and O–H groups in total. The van der Waals surface area contributed by atoms with E-state index in [-0.39, 0.29) is 23.4 Å². The van der Waals surface area contributed by atoms with Crippen molar-refractivity contribution in [2.24, 2.45) is 0 Å². The van der Waals surface area contributed by atoms with Crippen molar-refractivity contribution in [3.05, 3.63) is 77.9 Å². The average Bonchev–Trinajstić information content (AvgIpc) is 3.21. The Morgan fingerprint density at radius 1 is 1.16 bits per heavy atom. The molecule has 10 heteroatoms. The maximum atomic E-state index is 13.7. The SMILES string of the molecule is COc1ccc(-c2cc(C(F)(F)F)n3ncc(C(=O)NCc4cccnc4)c3n2)cc1. The highest BCUT2D eigenvalue weighted by Gasteiger charge is 2.36. The zero-order valence-corrected chi connectivity index (χ0v) is 16.2. The molecule has 3 aromatic heterocycles. The number of methoxy groups -OCH3 is 1. The largest absolute Gasteiger partial charge is 0.497 e. The maximum absolute atomic E-state index is 13.7. The van der Waals surface area contributed by atoms with Crippen molar-refractivity contribution in [2.45, 2.75) is 12.7 Å². The fourth-order valence-electron chi connectivity index (χ4n) is 3.01. The molecular formula is C21H16F3N5O2. The third-order valence-electron chi connectivity index (χ3n) is 4.57. The molecule has 0 saturated carbocycles. The van der Waals surface area contributed by atoms with Gasteiger partial charge in [-0.05, 0) is 42.0 Å². The van der Waals surface area contributed by atoms with E-state index < -0.39 is 17.8 Å². The van der Waals surface area contributed by atoms with Crippen molar-refractivity contribution in [1.29, 1.82) is 0 Å². The van der Waals surface area contributed by atoms with E-state index in [2.05, 4.69) is 20.4 Å². The van der Waals surface area contributed by atoms with Crippen LogP contribution in [0.25, 0.3) is 16.9 Å². The smallest absolute Gasteiger partial charge is 0.433 e. The first-order valence-electron chi connectivity index (χ1n) is 9.14. The van der Waals surface area contributed by atoms with Crippen molar-refractivity contribution in [1.82, 2.24) is 24.9 Å². The molecule has 0 spiro atoms. The van der Waals surface area contributed by atoms with Crippen LogP contribution in [0.1, 0.15) is 21.6 Å². The fraction of sp³-hybridized carbons (Fsp3) is 0.143. The van der Waals surface area contributed by atoms with E-state index in [9.17, 15) is 18.0 Å². The number of benzene rings is 1. The van der Waals surface area contributed by atoms with Gasteiger partial charge in [0, 0.05) is 24.5 Å². The van der Waals surface area contributed by atoms with E-state index in [0.717, 1.165) is 17.8 Å². The van der Waals surface area contributed by atoms with Gasteiger partial charge in [0.25, 0.3) is 5.91 Å². The number of nitrogens with zero attached hydrogens (tertiary/aromatic N) is 4. The van der Waals surface area contributed by atoms with Crippen LogP contribution in [0.2, 0.25) is 0 Å². The second-order valence-corrected chi connectivity index (χ2v) is 6.59. The molecule has 158 valence electrons. The molecule has 7 nitrogen and oxygen atoms in total. The van der Waals surface area contributed by atoms with Gasteiger partial charge in [0.15, 0.2) is 11.3 Å². The molecule has 0 saturated heterocycles. The lowest BCUT2D eigenvalue weighted by Crippen LogP contribution is -2.23. The number of carbonyl (C=O) groups is 1. The lowest BCUT2D eigenvalue weighted by atomic mass is 10.1. The molecule has 4 aromatic rings. The second-order valence-electron chi connectivity index (χ2n) is 6.59. The topological polar surface area (TPSA) is 81.4 Å². The highest BCUT2D eigenvalue weighted by Crippen LogP contribution is 2.33. The van der Waals surface area contributed by atoms with E-state index in [1.807, 2.05) is 0 Å². The summed E-state index contributed by atoms with van der Waals surface area (Å²) in [5.41, 5.74) is -0.0418. The van der Waals surface area contributed by atoms with E-state index in [1.165, 1.54) is 7.11 Å². The Bertz CT molecular complexity index is 1220. The minimum absolute atomic E-state index is 0.0595. The number of amides is 1. The number of carbonyl (C=O) groups excluding carboxylic acids is 1. The molecule has 0 aliphatic rings. The Morgan fingerprint density at radius 2 is 1.94 bits per heavy atom. The number of rotatable bonds is 5. The van der Waals surface area contributed by atoms with Gasteiger partial charge in [0.1, 0.15) is 11.3 Å². The van der Waals surface area contributed by atoms with E-state index in [4.69, 9.17) is 4.74 Å². The van der Waals surface area contributed by atoms with Crippen LogP contribution in [-0.4, -0.2) is 32.6 Å². The Kier molecular flexibility index (Phi) is 5.28. The number of fused-ring (bicyclic) bond motifs is 1. The molecule has 0 radical (unpaired) electrons. The number of pyridine rings is 1. The summed E-state index contributed by atoms with van der Waals surface area (Å²) >= 11 is 0. The first-order valence-corrected chi connectivity index (χ1v) is 9.14. The second kappa shape index (κ2) is 8.05. The summed E-state index contributed by atoms with van der Waals surface area (Å²) in [4.78, 5) is 20.9. The lowest BCUT2D eigenvalue weighted by molar-refractivity contribution is -0.142. The van der Waals surface area contributed by atoms with Crippen molar-refractivity contribution in [3.63, 3.8) is 0 Å². The van der Waals surface area contributed by atoms with Gasteiger partial charge < -0.3 is 10.1 Å². The molecule has 1 aromatic carbocycles. The molecule has 31 heavy (non-hydrogen) atoms. The molecule has 0 unspecified atom stereocenters. The first-order chi connectivity index (χ1) is 14.9. The predicted molar refractivity (Wildman–Crippen MR) is 105 cm³/mol. The van der Waals surface area contributed by atoms with Crippen LogP contribution in [0, 0.1) is 0 Å². The molecule has 0 aliphatic carbocycles. The van der Waals surface area contributed by atoms with Crippen LogP contribution < -0.4 is 10.1 Å². The van der Waals surface area contributed by atoms with Crippen LogP contribution in [0.4, 0.5) is 13.2 Å². The number of nitrogens with one attached hydrogen (secondary N) is 1. The molecule has 0 atom stereocenters. The number of aromatic nitrogens is 4. The van der Waals surface area contributed by atoms with Crippen LogP contribution in [0.15, 0.2) is 61.1 Å². The maximum Gasteiger partial charge on any atom is 0.433 e. The Hall–Kier alpha value is -3.95. The average molecular weight is 427 g/mol. The molecular weight excluding hydrogens is 411 g/mol. The lowest BCUT2D eigenvalue weighted by Gasteiger charge is -2.12. The van der Waals surface area contributed by atoms with Gasteiger partial charge in [-0.25, -0.2) is 9.50 Å². The molecule has 4 rings (SSSR count). The minimum atomic E-state index is -4.70. The molecule has 0 bridgehead atoms. The van der Waals surface area contributed by atoms with Gasteiger partial charge in [0.05, 0.1) is 19.0 Å². The summed E-state index contributed by atoms with van der Waals surface area (Å²) in [6, 6.07) is 10.8. The Balaban J connectivity index is 1.75. The quantitative estimate of drug-likeness (QED) is 0.525. The fourth-order valence-corrected chi connectivity index (χ4v) is 3.01. The van der Waals surface area contributed by atoms with Crippen molar-refractivity contribution in [2.75, 3.05) is 7.11 Å². The standard InChI is InChI=1S/C21H16F3N5O2/c1-31-15-6-4-14(5-7-15)17-9-18(21(22,23)24)29-19(28-17)16(12-27-29)20(30)26-11-13-3-2-8-25-10-13/h2-10,12H,11H2,1H3,(H,26,30). The molecule has 1 amide bonds. The Morgan fingerprint density at radius 3 is 2.58 bits per heavy atom. The third kappa shape index (κ3) is 4.18. The summed E-state index contributed by atoms with van der Waals surface area (Å²) in [6.07, 6.45) is -0.441. The zero-order chi connectivity index (χ0) is 22.0. The Labute approximate surface area is 174 Å². The van der Waals surface area contributed by atoms with Gasteiger partial charge in [-0.3, -0.25) is 9.78 Å². The highest BCUT2D eigenvalue weighted by atomic mass is 19.4. The van der Waals surface area contributed by atoms with Crippen LogP contribution >= 0.6 is 0 Å². The number of alkyl halides is 3. The number of halogens is 3. The molecule has 0 aliphatic heterocycles. The summed E-state index contributed by atoms with van der Waals surface area (Å²) in [5.74, 6) is -0.0351. The summed E-state index contributed by atoms with van der Waals surface area (Å²) < 4.78 is 46.8. The van der Waals surface area contributed by atoms with Gasteiger partial charge in [0.2, 0.25) is 0 Å². The van der Waals surface area contributed by atoms with E-state index in [1.54, 1.807) is 48.8 Å². The zero-order valence-electron chi connectivity index (χ0n) is 16.2. The van der Waals surface area contributed by atoms with E-state index in [0.29, 0.717) is 15.8 Å². The minimum Gasteiger partial charge on any atom is -0.497 e. The van der Waals surface area contributed by atoms with Crippen LogP contribution in [0.3, 0.4) is 0 Å². The van der Waals surface area contributed by atoms with Gasteiger partial charge in [-0.15, -0.1) is 0 Å². The first kappa shape index (κ1) is 20.3. The molecule has 3 heterocycles. The molecule has 0 fully saturated rings. The monoisotopic (exact) mass is 427 g/mol. The van der Waals surface area contributed by atoms with Crippen LogP contribution in [-0.2, 0) is 12.7 Å². The summed E-state index contributed by atoms with van der Waals surface area (Å²) in [6.45, 7) is 0.161.